The predicted molar refractivity (Wildman–Crippen MR) is 59.5 cm³/mol. The first-order valence-corrected chi connectivity index (χ1v) is 5.26. The lowest BCUT2D eigenvalue weighted by atomic mass is 10.1. The first kappa shape index (κ1) is 13.4. The van der Waals surface area contributed by atoms with E-state index in [4.69, 9.17) is 5.26 Å². The molecule has 1 atom stereocenters. The fraction of sp³-hybridized carbons (Fsp3) is 0.417. The van der Waals surface area contributed by atoms with Gasteiger partial charge in [-0.15, -0.1) is 0 Å². The number of hydrogen-bond acceptors (Lipinski definition) is 2. The van der Waals surface area contributed by atoms with E-state index in [1.807, 2.05) is 13.8 Å². The molecule has 0 aromatic heterocycles. The standard InChI is InChI=1S/C12H13F3N2/c1-3-8(2)17-10-5-4-9(7-16)11(6-10)12(13,14)15/h4-6,8,17H,3H2,1-2H3/t8-/m1/s1. The number of alkyl halides is 3. The third-order valence-corrected chi connectivity index (χ3v) is 2.47. The van der Waals surface area contributed by atoms with Crippen molar-refractivity contribution in [1.29, 1.82) is 5.26 Å². The van der Waals surface area contributed by atoms with E-state index in [0.29, 0.717) is 5.69 Å². The van der Waals surface area contributed by atoms with Crippen LogP contribution >= 0.6 is 0 Å². The summed E-state index contributed by atoms with van der Waals surface area (Å²) in [6.07, 6.45) is -3.69. The number of hydrogen-bond donors (Lipinski definition) is 1. The van der Waals surface area contributed by atoms with Crippen LogP contribution in [-0.2, 0) is 6.18 Å². The maximum absolute atomic E-state index is 12.7. The molecule has 0 fully saturated rings. The van der Waals surface area contributed by atoms with Gasteiger partial charge in [-0.1, -0.05) is 6.92 Å². The second kappa shape index (κ2) is 5.09. The Morgan fingerprint density at radius 1 is 1.41 bits per heavy atom. The monoisotopic (exact) mass is 242 g/mol. The average Bonchev–Trinajstić information content (AvgIpc) is 2.27. The molecule has 1 aromatic carbocycles. The molecule has 0 aliphatic rings. The van der Waals surface area contributed by atoms with Gasteiger partial charge in [0.15, 0.2) is 0 Å². The normalized spacial score (nSPS) is 12.9. The van der Waals surface area contributed by atoms with Gasteiger partial charge >= 0.3 is 6.18 Å². The highest BCUT2D eigenvalue weighted by atomic mass is 19.4. The zero-order chi connectivity index (χ0) is 13.1. The quantitative estimate of drug-likeness (QED) is 0.875. The topological polar surface area (TPSA) is 35.8 Å². The highest BCUT2D eigenvalue weighted by molar-refractivity contribution is 5.53. The second-order valence-electron chi connectivity index (χ2n) is 3.82. The van der Waals surface area contributed by atoms with Crippen LogP contribution in [0.4, 0.5) is 18.9 Å². The van der Waals surface area contributed by atoms with Crippen molar-refractivity contribution in [3.63, 3.8) is 0 Å². The minimum absolute atomic E-state index is 0.0871. The van der Waals surface area contributed by atoms with Gasteiger partial charge in [0.05, 0.1) is 17.2 Å². The van der Waals surface area contributed by atoms with E-state index in [9.17, 15) is 13.2 Å². The van der Waals surface area contributed by atoms with Gasteiger partial charge < -0.3 is 5.32 Å². The van der Waals surface area contributed by atoms with Gasteiger partial charge in [0.2, 0.25) is 0 Å². The lowest BCUT2D eigenvalue weighted by molar-refractivity contribution is -0.137. The van der Waals surface area contributed by atoms with E-state index >= 15 is 0 Å². The molecule has 0 amide bonds. The van der Waals surface area contributed by atoms with Gasteiger partial charge in [0.25, 0.3) is 0 Å². The largest absolute Gasteiger partial charge is 0.417 e. The Hall–Kier alpha value is -1.70. The second-order valence-corrected chi connectivity index (χ2v) is 3.82. The fourth-order valence-corrected chi connectivity index (χ4v) is 1.35. The Bertz CT molecular complexity index is 432. The minimum Gasteiger partial charge on any atom is -0.383 e. The molecule has 0 aliphatic heterocycles. The molecule has 0 radical (unpaired) electrons. The molecule has 5 heteroatoms. The molecule has 0 aliphatic carbocycles. The van der Waals surface area contributed by atoms with E-state index in [1.54, 1.807) is 6.07 Å². The Kier molecular flexibility index (Phi) is 4.00. The lowest BCUT2D eigenvalue weighted by Gasteiger charge is -2.15. The Morgan fingerprint density at radius 2 is 2.06 bits per heavy atom. The summed E-state index contributed by atoms with van der Waals surface area (Å²) >= 11 is 0. The predicted octanol–water partition coefficient (Wildman–Crippen LogP) is 3.79. The van der Waals surface area contributed by atoms with Gasteiger partial charge in [0, 0.05) is 11.7 Å². The van der Waals surface area contributed by atoms with Crippen LogP contribution in [0, 0.1) is 11.3 Å². The summed E-state index contributed by atoms with van der Waals surface area (Å²) in [4.78, 5) is 0. The summed E-state index contributed by atoms with van der Waals surface area (Å²) < 4.78 is 38.0. The Morgan fingerprint density at radius 3 is 2.53 bits per heavy atom. The number of nitrogens with zero attached hydrogens (tertiary/aromatic N) is 1. The molecule has 0 saturated heterocycles. The average molecular weight is 242 g/mol. The molecule has 0 heterocycles. The maximum Gasteiger partial charge on any atom is 0.417 e. The van der Waals surface area contributed by atoms with Crippen molar-refractivity contribution in [3.8, 4) is 6.07 Å². The number of halogens is 3. The molecule has 92 valence electrons. The molecule has 2 nitrogen and oxygen atoms in total. The number of benzene rings is 1. The molecule has 0 spiro atoms. The smallest absolute Gasteiger partial charge is 0.383 e. The van der Waals surface area contributed by atoms with Crippen LogP contribution in [0.2, 0.25) is 0 Å². The van der Waals surface area contributed by atoms with Crippen molar-refractivity contribution < 1.29 is 13.2 Å². The van der Waals surface area contributed by atoms with Crippen molar-refractivity contribution in [1.82, 2.24) is 0 Å². The van der Waals surface area contributed by atoms with Crippen LogP contribution in [0.5, 0.6) is 0 Å². The van der Waals surface area contributed by atoms with Gasteiger partial charge in [-0.25, -0.2) is 0 Å². The minimum atomic E-state index is -4.50. The molecule has 0 bridgehead atoms. The zero-order valence-electron chi connectivity index (χ0n) is 9.60. The van der Waals surface area contributed by atoms with Crippen molar-refractivity contribution >= 4 is 5.69 Å². The number of nitriles is 1. The van der Waals surface area contributed by atoms with Crippen LogP contribution < -0.4 is 5.32 Å². The first-order valence-electron chi connectivity index (χ1n) is 5.26. The maximum atomic E-state index is 12.7. The molecular formula is C12H13F3N2. The molecule has 1 rings (SSSR count). The summed E-state index contributed by atoms with van der Waals surface area (Å²) in [5, 5.41) is 11.6. The lowest BCUT2D eigenvalue weighted by Crippen LogP contribution is -2.15. The SMILES string of the molecule is CC[C@@H](C)Nc1ccc(C#N)c(C(F)(F)F)c1. The summed E-state index contributed by atoms with van der Waals surface area (Å²) in [7, 11) is 0. The van der Waals surface area contributed by atoms with E-state index in [1.165, 1.54) is 12.1 Å². The van der Waals surface area contributed by atoms with Crippen molar-refractivity contribution in [3.05, 3.63) is 29.3 Å². The molecular weight excluding hydrogens is 229 g/mol. The fourth-order valence-electron chi connectivity index (χ4n) is 1.35. The molecule has 1 aromatic rings. The van der Waals surface area contributed by atoms with Crippen LogP contribution in [0.15, 0.2) is 18.2 Å². The molecule has 17 heavy (non-hydrogen) atoms. The first-order chi connectivity index (χ1) is 7.88. The van der Waals surface area contributed by atoms with Gasteiger partial charge in [-0.2, -0.15) is 18.4 Å². The third-order valence-electron chi connectivity index (χ3n) is 2.47. The summed E-state index contributed by atoms with van der Waals surface area (Å²) in [6, 6.07) is 5.29. The van der Waals surface area contributed by atoms with Crippen LogP contribution in [0.1, 0.15) is 31.4 Å². The molecule has 1 N–H and O–H groups in total. The third kappa shape index (κ3) is 3.38. The van der Waals surface area contributed by atoms with Crippen molar-refractivity contribution in [2.75, 3.05) is 5.32 Å². The van der Waals surface area contributed by atoms with Crippen LogP contribution in [0.25, 0.3) is 0 Å². The van der Waals surface area contributed by atoms with Gasteiger partial charge in [-0.05, 0) is 31.5 Å². The summed E-state index contributed by atoms with van der Waals surface area (Å²) in [5.74, 6) is 0. The Balaban J connectivity index is 3.11. The summed E-state index contributed by atoms with van der Waals surface area (Å²) in [5.41, 5.74) is -0.869. The molecule has 0 unspecified atom stereocenters. The highest BCUT2D eigenvalue weighted by Crippen LogP contribution is 2.33. The zero-order valence-corrected chi connectivity index (χ0v) is 9.60. The van der Waals surface area contributed by atoms with Crippen molar-refractivity contribution in [2.45, 2.75) is 32.5 Å². The molecule has 0 saturated carbocycles. The van der Waals surface area contributed by atoms with Gasteiger partial charge in [-0.3, -0.25) is 0 Å². The van der Waals surface area contributed by atoms with E-state index in [-0.39, 0.29) is 11.6 Å². The van der Waals surface area contributed by atoms with E-state index < -0.39 is 11.7 Å². The number of rotatable bonds is 3. The van der Waals surface area contributed by atoms with Crippen molar-refractivity contribution in [2.24, 2.45) is 0 Å². The van der Waals surface area contributed by atoms with E-state index in [0.717, 1.165) is 12.5 Å². The van der Waals surface area contributed by atoms with Gasteiger partial charge in [0.1, 0.15) is 0 Å². The number of nitrogens with one attached hydrogen (secondary N) is 1. The van der Waals surface area contributed by atoms with Crippen LogP contribution in [0.3, 0.4) is 0 Å². The van der Waals surface area contributed by atoms with E-state index in [2.05, 4.69) is 5.32 Å². The number of anilines is 1. The van der Waals surface area contributed by atoms with Crippen LogP contribution in [-0.4, -0.2) is 6.04 Å². The highest BCUT2D eigenvalue weighted by Gasteiger charge is 2.33. The Labute approximate surface area is 98.1 Å². The summed E-state index contributed by atoms with van der Waals surface area (Å²) in [6.45, 7) is 3.82.